The number of guanidine groups is 1. The van der Waals surface area contributed by atoms with Crippen LogP contribution in [-0.2, 0) is 16.0 Å². The number of hydrogen-bond acceptors (Lipinski definition) is 7. The number of phenols is 1. The van der Waals surface area contributed by atoms with Crippen LogP contribution in [-0.4, -0.2) is 67.8 Å². The first-order chi connectivity index (χ1) is 16.9. The Labute approximate surface area is 207 Å². The highest BCUT2D eigenvalue weighted by Crippen LogP contribution is 2.27. The molecule has 35 heavy (non-hydrogen) atoms. The molecule has 1 aromatic rings. The van der Waals surface area contributed by atoms with Gasteiger partial charge in [0.25, 0.3) is 0 Å². The van der Waals surface area contributed by atoms with E-state index in [0.29, 0.717) is 24.6 Å². The summed E-state index contributed by atoms with van der Waals surface area (Å²) in [4.78, 5) is 31.0. The summed E-state index contributed by atoms with van der Waals surface area (Å²) in [6, 6.07) is 5.00. The lowest BCUT2D eigenvalue weighted by Gasteiger charge is -2.21. The second kappa shape index (κ2) is 15.0. The smallest absolute Gasteiger partial charge is 0.188 e. The fraction of sp³-hybridized carbons (Fsp3) is 0.560. The van der Waals surface area contributed by atoms with E-state index in [2.05, 4.69) is 21.8 Å². The quantitative estimate of drug-likeness (QED) is 0.106. The van der Waals surface area contributed by atoms with Gasteiger partial charge in [-0.1, -0.05) is 6.07 Å². The van der Waals surface area contributed by atoms with Crippen molar-refractivity contribution in [3.05, 3.63) is 36.2 Å². The van der Waals surface area contributed by atoms with E-state index >= 15 is 0 Å². The fourth-order valence-electron chi connectivity index (χ4n) is 4.17. The summed E-state index contributed by atoms with van der Waals surface area (Å²) in [5, 5.41) is 25.5. The number of methoxy groups -OCH3 is 1. The average molecular weight is 491 g/mol. The first kappa shape index (κ1) is 28.1. The monoisotopic (exact) mass is 490 g/mol. The lowest BCUT2D eigenvalue weighted by molar-refractivity contribution is -0.843. The maximum absolute atomic E-state index is 12.9. The van der Waals surface area contributed by atoms with Gasteiger partial charge in [-0.3, -0.25) is 19.5 Å². The number of Topliss-reactive ketones (excluding diaryl/α,β-unsaturated/α-hetero) is 2. The minimum absolute atomic E-state index is 0.0330. The number of carbonyl (C=O) groups is 2. The van der Waals surface area contributed by atoms with Crippen LogP contribution in [0.2, 0.25) is 0 Å². The number of nitrogens with two attached hydrogens (primary N) is 1. The number of rotatable bonds is 16. The van der Waals surface area contributed by atoms with Gasteiger partial charge in [0.15, 0.2) is 24.1 Å². The Kier molecular flexibility index (Phi) is 12.1. The van der Waals surface area contributed by atoms with Crippen LogP contribution in [0.15, 0.2) is 35.6 Å². The number of carbonyl (C=O) groups excluding carboxylic acids is 2. The molecule has 1 aromatic carbocycles. The summed E-state index contributed by atoms with van der Waals surface area (Å²) in [5.41, 5.74) is 6.70. The first-order valence-electron chi connectivity index (χ1n) is 12.1. The summed E-state index contributed by atoms with van der Waals surface area (Å²) in [6.45, 7) is 1.55. The molecule has 1 heterocycles. The van der Waals surface area contributed by atoms with Crippen molar-refractivity contribution in [1.82, 2.24) is 10.6 Å². The van der Waals surface area contributed by atoms with Gasteiger partial charge in [0.05, 0.1) is 25.8 Å². The molecule has 0 aliphatic carbocycles. The van der Waals surface area contributed by atoms with Crippen LogP contribution in [0.1, 0.15) is 44.1 Å². The number of ketones is 2. The van der Waals surface area contributed by atoms with Crippen LogP contribution in [0.5, 0.6) is 11.5 Å². The van der Waals surface area contributed by atoms with E-state index in [1.54, 1.807) is 19.2 Å². The topological polar surface area (TPSA) is 151 Å². The molecule has 3 unspecified atom stereocenters. The zero-order valence-electron chi connectivity index (χ0n) is 20.8. The molecule has 194 valence electrons. The van der Waals surface area contributed by atoms with Crippen LogP contribution in [0.3, 0.4) is 0 Å². The van der Waals surface area contributed by atoms with E-state index in [0.717, 1.165) is 31.6 Å². The minimum Gasteiger partial charge on any atom is -0.504 e. The third-order valence-corrected chi connectivity index (χ3v) is 6.25. The van der Waals surface area contributed by atoms with E-state index in [9.17, 15) is 19.8 Å². The largest absolute Gasteiger partial charge is 0.504 e. The predicted octanol–water partition coefficient (Wildman–Crippen LogP) is -0.150. The summed E-state index contributed by atoms with van der Waals surface area (Å²) in [6.07, 6.45) is 7.22. The molecule has 0 aromatic heterocycles. The van der Waals surface area contributed by atoms with Crippen molar-refractivity contribution in [1.29, 1.82) is 0 Å². The van der Waals surface area contributed by atoms with Crippen molar-refractivity contribution in [2.45, 2.75) is 51.0 Å². The summed E-state index contributed by atoms with van der Waals surface area (Å²) in [5.74, 6) is -0.381. The number of quaternary nitrogens is 1. The van der Waals surface area contributed by atoms with Gasteiger partial charge in [0, 0.05) is 39.0 Å². The maximum Gasteiger partial charge on any atom is 0.188 e. The van der Waals surface area contributed by atoms with Gasteiger partial charge in [-0.25, -0.2) is 0 Å². The van der Waals surface area contributed by atoms with Crippen LogP contribution in [0.4, 0.5) is 0 Å². The van der Waals surface area contributed by atoms with Crippen molar-refractivity contribution < 1.29 is 29.4 Å². The van der Waals surface area contributed by atoms with Gasteiger partial charge in [0.1, 0.15) is 17.8 Å². The number of aliphatic imine (C=N–C) groups is 1. The van der Waals surface area contributed by atoms with Gasteiger partial charge >= 0.3 is 0 Å². The van der Waals surface area contributed by atoms with Crippen molar-refractivity contribution >= 4 is 17.5 Å². The Hall–Kier alpha value is -3.11. The van der Waals surface area contributed by atoms with Gasteiger partial charge in [0.2, 0.25) is 0 Å². The number of nitrogens with zero attached hydrogens (tertiary/aromatic N) is 1. The predicted molar refractivity (Wildman–Crippen MR) is 134 cm³/mol. The molecule has 7 N–H and O–H groups in total. The standard InChI is InChI=1S/C25H39N5O5/c1-27-25(26)29-19(10-13-30-14-12-28-17-30)4-3-5-21(32)20(11-15-31)22(33)8-6-18-7-9-23(34)24(16-18)35-2/h7,9,12,14,16,19-20,28,31,34H,3-6,8,10-11,13,15,17H2,1-2H3,(H3,26,27,29)/p+1. The molecule has 0 saturated carbocycles. The van der Waals surface area contributed by atoms with E-state index in [-0.39, 0.29) is 49.2 Å². The molecule has 10 nitrogen and oxygen atoms in total. The van der Waals surface area contributed by atoms with Gasteiger partial charge in [-0.15, -0.1) is 0 Å². The Morgan fingerprint density at radius 3 is 2.69 bits per heavy atom. The molecular weight excluding hydrogens is 450 g/mol. The van der Waals surface area contributed by atoms with Crippen molar-refractivity contribution in [3.63, 3.8) is 0 Å². The maximum atomic E-state index is 12.9. The number of ether oxygens (including phenoxy) is 1. The van der Waals surface area contributed by atoms with Gasteiger partial charge in [-0.05, 0) is 43.4 Å². The summed E-state index contributed by atoms with van der Waals surface area (Å²) < 4.78 is 5.11. The highest BCUT2D eigenvalue weighted by molar-refractivity contribution is 6.02. The molecule has 1 aliphatic rings. The Bertz CT molecular complexity index is 889. The lowest BCUT2D eigenvalue weighted by atomic mass is 9.89. The molecule has 0 saturated heterocycles. The zero-order valence-corrected chi connectivity index (χ0v) is 20.8. The first-order valence-corrected chi connectivity index (χ1v) is 12.1. The number of aryl methyl sites for hydroxylation is 1. The Morgan fingerprint density at radius 1 is 1.26 bits per heavy atom. The van der Waals surface area contributed by atoms with Crippen molar-refractivity contribution in [2.24, 2.45) is 16.6 Å². The molecule has 0 amide bonds. The minimum atomic E-state index is -0.807. The molecule has 1 aliphatic heterocycles. The van der Waals surface area contributed by atoms with Crippen LogP contribution in [0, 0.1) is 5.92 Å². The second-order valence-corrected chi connectivity index (χ2v) is 8.76. The Morgan fingerprint density at radius 2 is 2.03 bits per heavy atom. The second-order valence-electron chi connectivity index (χ2n) is 8.76. The molecule has 3 atom stereocenters. The van der Waals surface area contributed by atoms with Crippen LogP contribution >= 0.6 is 0 Å². The normalized spacial score (nSPS) is 17.0. The third-order valence-electron chi connectivity index (χ3n) is 6.25. The van der Waals surface area contributed by atoms with E-state index < -0.39 is 5.92 Å². The number of aliphatic hydroxyl groups excluding tert-OH is 1. The van der Waals surface area contributed by atoms with Crippen molar-refractivity contribution in [3.8, 4) is 11.5 Å². The molecule has 2 rings (SSSR count). The highest BCUT2D eigenvalue weighted by atomic mass is 16.5. The third kappa shape index (κ3) is 9.58. The summed E-state index contributed by atoms with van der Waals surface area (Å²) in [7, 11) is 3.09. The lowest BCUT2D eigenvalue weighted by Crippen LogP contribution is -3.07. The molecular formula is C25H40N5O5+. The molecule has 0 spiro atoms. The fourth-order valence-corrected chi connectivity index (χ4v) is 4.17. The number of phenolic OH excluding ortho intramolecular Hbond substituents is 1. The number of nitrogens with one attached hydrogen (secondary N) is 3. The van der Waals surface area contributed by atoms with E-state index in [1.165, 1.54) is 18.1 Å². The van der Waals surface area contributed by atoms with Gasteiger partial charge < -0.3 is 31.3 Å². The highest BCUT2D eigenvalue weighted by Gasteiger charge is 2.25. The molecule has 0 radical (unpaired) electrons. The number of benzene rings is 1. The van der Waals surface area contributed by atoms with Crippen LogP contribution in [0.25, 0.3) is 0 Å². The van der Waals surface area contributed by atoms with E-state index in [1.807, 2.05) is 6.20 Å². The van der Waals surface area contributed by atoms with Crippen molar-refractivity contribution in [2.75, 3.05) is 34.0 Å². The molecule has 0 bridgehead atoms. The SMILES string of the molecule is CN=C(N)NC(CCCC(=O)C(CCO)C(=O)CCc1ccc(O)c(OC)c1)CC[NH+]1C=CNC1. The molecule has 0 fully saturated rings. The Balaban J connectivity index is 1.87. The summed E-state index contributed by atoms with van der Waals surface area (Å²) >= 11 is 0. The number of hydrogen-bond donors (Lipinski definition) is 6. The molecule has 10 heteroatoms. The van der Waals surface area contributed by atoms with E-state index in [4.69, 9.17) is 10.5 Å². The average Bonchev–Trinajstić information content (AvgIpc) is 3.38. The van der Waals surface area contributed by atoms with Crippen LogP contribution < -0.4 is 26.0 Å². The number of aromatic hydroxyl groups is 1. The zero-order chi connectivity index (χ0) is 25.6. The van der Waals surface area contributed by atoms with Gasteiger partial charge in [-0.2, -0.15) is 0 Å². The number of aliphatic hydroxyl groups is 1.